The number of nitrogen functional groups attached to an aromatic ring is 1. The Morgan fingerprint density at radius 3 is 2.32 bits per heavy atom. The Labute approximate surface area is 119 Å². The lowest BCUT2D eigenvalue weighted by Crippen LogP contribution is -2.13. The van der Waals surface area contributed by atoms with Gasteiger partial charge in [0.05, 0.1) is 11.4 Å². The molecule has 0 aromatic heterocycles. The SMILES string of the molecule is Nc1cc(F)ccc1NC(=O)c1cc(Cl)cc(Cl)c1. The molecule has 0 bridgehead atoms. The third-order valence-electron chi connectivity index (χ3n) is 2.39. The van der Waals surface area contributed by atoms with E-state index in [2.05, 4.69) is 5.32 Å². The predicted molar refractivity (Wildman–Crippen MR) is 75.2 cm³/mol. The lowest BCUT2D eigenvalue weighted by molar-refractivity contribution is 0.102. The summed E-state index contributed by atoms with van der Waals surface area (Å²) in [6, 6.07) is 8.18. The number of halogens is 3. The number of carbonyl (C=O) groups is 1. The first-order valence-corrected chi connectivity index (χ1v) is 6.04. The van der Waals surface area contributed by atoms with E-state index in [9.17, 15) is 9.18 Å². The van der Waals surface area contributed by atoms with Crippen molar-refractivity contribution in [3.05, 3.63) is 57.8 Å². The van der Waals surface area contributed by atoms with E-state index in [1.807, 2.05) is 0 Å². The summed E-state index contributed by atoms with van der Waals surface area (Å²) in [5.41, 5.74) is 6.36. The summed E-state index contributed by atoms with van der Waals surface area (Å²) >= 11 is 11.6. The van der Waals surface area contributed by atoms with Gasteiger partial charge in [0, 0.05) is 15.6 Å². The topological polar surface area (TPSA) is 55.1 Å². The minimum atomic E-state index is -0.471. The number of hydrogen-bond acceptors (Lipinski definition) is 2. The second-order valence-corrected chi connectivity index (χ2v) is 4.72. The van der Waals surface area contributed by atoms with Crippen molar-refractivity contribution < 1.29 is 9.18 Å². The highest BCUT2D eigenvalue weighted by Crippen LogP contribution is 2.22. The molecule has 19 heavy (non-hydrogen) atoms. The van der Waals surface area contributed by atoms with Gasteiger partial charge in [-0.25, -0.2) is 4.39 Å². The first kappa shape index (κ1) is 13.6. The smallest absolute Gasteiger partial charge is 0.255 e. The molecule has 3 N–H and O–H groups in total. The molecule has 0 aliphatic carbocycles. The van der Waals surface area contributed by atoms with E-state index >= 15 is 0 Å². The first-order valence-electron chi connectivity index (χ1n) is 5.28. The van der Waals surface area contributed by atoms with E-state index in [1.165, 1.54) is 30.3 Å². The maximum absolute atomic E-state index is 12.9. The van der Waals surface area contributed by atoms with E-state index in [4.69, 9.17) is 28.9 Å². The Balaban J connectivity index is 2.25. The van der Waals surface area contributed by atoms with Crippen molar-refractivity contribution in [3.8, 4) is 0 Å². The van der Waals surface area contributed by atoms with Gasteiger partial charge in [0.25, 0.3) is 5.91 Å². The standard InChI is InChI=1S/C13H9Cl2FN2O/c14-8-3-7(4-9(15)5-8)13(19)18-12-2-1-10(16)6-11(12)17/h1-6H,17H2,(H,18,19). The fourth-order valence-electron chi connectivity index (χ4n) is 1.53. The maximum Gasteiger partial charge on any atom is 0.255 e. The van der Waals surface area contributed by atoms with Gasteiger partial charge in [-0.3, -0.25) is 4.79 Å². The molecule has 0 fully saturated rings. The summed E-state index contributed by atoms with van der Waals surface area (Å²) in [6.45, 7) is 0. The summed E-state index contributed by atoms with van der Waals surface area (Å²) in [4.78, 5) is 12.0. The lowest BCUT2D eigenvalue weighted by atomic mass is 10.2. The van der Waals surface area contributed by atoms with Gasteiger partial charge in [-0.1, -0.05) is 23.2 Å². The van der Waals surface area contributed by atoms with Gasteiger partial charge in [-0.05, 0) is 36.4 Å². The predicted octanol–water partition coefficient (Wildman–Crippen LogP) is 3.97. The number of nitrogens with one attached hydrogen (secondary N) is 1. The molecule has 0 spiro atoms. The van der Waals surface area contributed by atoms with Crippen LogP contribution in [0.3, 0.4) is 0 Å². The molecule has 3 nitrogen and oxygen atoms in total. The number of anilines is 2. The van der Waals surface area contributed by atoms with Crippen molar-refractivity contribution in [1.29, 1.82) is 0 Å². The largest absolute Gasteiger partial charge is 0.397 e. The maximum atomic E-state index is 12.9. The molecule has 0 atom stereocenters. The molecule has 98 valence electrons. The molecule has 0 radical (unpaired) electrons. The normalized spacial score (nSPS) is 10.3. The van der Waals surface area contributed by atoms with Gasteiger partial charge < -0.3 is 11.1 Å². The molecule has 2 aromatic rings. The van der Waals surface area contributed by atoms with Crippen LogP contribution in [0, 0.1) is 5.82 Å². The lowest BCUT2D eigenvalue weighted by Gasteiger charge is -2.08. The third kappa shape index (κ3) is 3.36. The van der Waals surface area contributed by atoms with Crippen LogP contribution in [0.1, 0.15) is 10.4 Å². The fourth-order valence-corrected chi connectivity index (χ4v) is 2.05. The highest BCUT2D eigenvalue weighted by atomic mass is 35.5. The minimum Gasteiger partial charge on any atom is -0.397 e. The van der Waals surface area contributed by atoms with Gasteiger partial charge in [-0.2, -0.15) is 0 Å². The van der Waals surface area contributed by atoms with Crippen LogP contribution in [0.5, 0.6) is 0 Å². The van der Waals surface area contributed by atoms with Crippen LogP contribution in [0.25, 0.3) is 0 Å². The highest BCUT2D eigenvalue weighted by Gasteiger charge is 2.10. The van der Waals surface area contributed by atoms with Crippen LogP contribution < -0.4 is 11.1 Å². The summed E-state index contributed by atoms with van der Waals surface area (Å²) < 4.78 is 12.9. The summed E-state index contributed by atoms with van der Waals surface area (Å²) in [5.74, 6) is -0.899. The van der Waals surface area contributed by atoms with Crippen LogP contribution in [0.2, 0.25) is 10.0 Å². The fraction of sp³-hybridized carbons (Fsp3) is 0. The van der Waals surface area contributed by atoms with Crippen molar-refractivity contribution in [2.45, 2.75) is 0 Å². The number of nitrogens with two attached hydrogens (primary N) is 1. The van der Waals surface area contributed by atoms with Crippen LogP contribution >= 0.6 is 23.2 Å². The molecule has 0 saturated heterocycles. The molecule has 0 aliphatic rings. The molecule has 1 amide bonds. The molecule has 2 aromatic carbocycles. The molecule has 2 rings (SSSR count). The zero-order chi connectivity index (χ0) is 14.0. The van der Waals surface area contributed by atoms with E-state index in [0.29, 0.717) is 21.3 Å². The summed E-state index contributed by atoms with van der Waals surface area (Å²) in [6.07, 6.45) is 0. The van der Waals surface area contributed by atoms with Gasteiger partial charge in [0.1, 0.15) is 5.82 Å². The van der Waals surface area contributed by atoms with Crippen molar-refractivity contribution in [2.24, 2.45) is 0 Å². The molecule has 0 saturated carbocycles. The summed E-state index contributed by atoms with van der Waals surface area (Å²) in [5, 5.41) is 3.26. The second-order valence-electron chi connectivity index (χ2n) is 3.84. The van der Waals surface area contributed by atoms with E-state index in [0.717, 1.165) is 6.07 Å². The average Bonchev–Trinajstić information content (AvgIpc) is 2.31. The third-order valence-corrected chi connectivity index (χ3v) is 2.82. The van der Waals surface area contributed by atoms with E-state index in [1.54, 1.807) is 0 Å². The Hall–Kier alpha value is -1.78. The number of amides is 1. The number of rotatable bonds is 2. The van der Waals surface area contributed by atoms with Gasteiger partial charge in [-0.15, -0.1) is 0 Å². The van der Waals surface area contributed by atoms with Gasteiger partial charge in [0.15, 0.2) is 0 Å². The van der Waals surface area contributed by atoms with Crippen molar-refractivity contribution in [1.82, 2.24) is 0 Å². The van der Waals surface area contributed by atoms with E-state index in [-0.39, 0.29) is 5.69 Å². The molecule has 6 heteroatoms. The van der Waals surface area contributed by atoms with Crippen LogP contribution in [0.15, 0.2) is 36.4 Å². The monoisotopic (exact) mass is 298 g/mol. The van der Waals surface area contributed by atoms with Crippen LogP contribution in [-0.2, 0) is 0 Å². The first-order chi connectivity index (χ1) is 8.95. The van der Waals surface area contributed by atoms with E-state index < -0.39 is 11.7 Å². The summed E-state index contributed by atoms with van der Waals surface area (Å²) in [7, 11) is 0. The van der Waals surface area contributed by atoms with Gasteiger partial charge in [0.2, 0.25) is 0 Å². The molecular formula is C13H9Cl2FN2O. The highest BCUT2D eigenvalue weighted by molar-refractivity contribution is 6.35. The quantitative estimate of drug-likeness (QED) is 0.824. The van der Waals surface area contributed by atoms with Crippen molar-refractivity contribution in [2.75, 3.05) is 11.1 Å². The Kier molecular flexibility index (Phi) is 3.93. The Morgan fingerprint density at radius 1 is 1.11 bits per heavy atom. The molecule has 0 unspecified atom stereocenters. The Morgan fingerprint density at radius 2 is 1.74 bits per heavy atom. The average molecular weight is 299 g/mol. The number of benzene rings is 2. The number of carbonyl (C=O) groups excluding carboxylic acids is 1. The molecule has 0 aliphatic heterocycles. The van der Waals surface area contributed by atoms with Crippen LogP contribution in [-0.4, -0.2) is 5.91 Å². The van der Waals surface area contributed by atoms with Gasteiger partial charge >= 0.3 is 0 Å². The molecule has 0 heterocycles. The number of hydrogen-bond donors (Lipinski definition) is 2. The zero-order valence-electron chi connectivity index (χ0n) is 9.58. The van der Waals surface area contributed by atoms with Crippen molar-refractivity contribution >= 4 is 40.5 Å². The Bertz CT molecular complexity index is 626. The minimum absolute atomic E-state index is 0.140. The zero-order valence-corrected chi connectivity index (χ0v) is 11.1. The molecular weight excluding hydrogens is 290 g/mol. The van der Waals surface area contributed by atoms with Crippen molar-refractivity contribution in [3.63, 3.8) is 0 Å². The second kappa shape index (κ2) is 5.47. The van der Waals surface area contributed by atoms with Crippen LogP contribution in [0.4, 0.5) is 15.8 Å².